The van der Waals surface area contributed by atoms with E-state index >= 15 is 0 Å². The number of hydrogen-bond acceptors (Lipinski definition) is 2. The zero-order valence-corrected chi connectivity index (χ0v) is 12.9. The van der Waals surface area contributed by atoms with Crippen LogP contribution in [0.3, 0.4) is 0 Å². The Morgan fingerprint density at radius 1 is 0.857 bits per heavy atom. The van der Waals surface area contributed by atoms with Gasteiger partial charge in [-0.3, -0.25) is 0 Å². The van der Waals surface area contributed by atoms with Gasteiger partial charge in [0.15, 0.2) is 0 Å². The lowest BCUT2D eigenvalue weighted by Crippen LogP contribution is -2.16. The van der Waals surface area contributed by atoms with Crippen LogP contribution < -0.4 is 5.32 Å². The van der Waals surface area contributed by atoms with E-state index in [1.807, 2.05) is 6.07 Å². The Balaban J connectivity index is 1.62. The third-order valence-electron chi connectivity index (χ3n) is 3.64. The van der Waals surface area contributed by atoms with Gasteiger partial charge in [-0.25, -0.2) is 0 Å². The molecule has 0 saturated carbocycles. The molecule has 0 aliphatic carbocycles. The van der Waals surface area contributed by atoms with Crippen LogP contribution in [0.2, 0.25) is 0 Å². The third-order valence-corrected chi connectivity index (χ3v) is 4.70. The number of thiophene rings is 1. The van der Waals surface area contributed by atoms with Crippen LogP contribution in [0, 0.1) is 0 Å². The summed E-state index contributed by atoms with van der Waals surface area (Å²) < 4.78 is 0. The molecule has 2 aromatic carbocycles. The Labute approximate surface area is 130 Å². The first kappa shape index (κ1) is 14.1. The molecule has 0 aliphatic rings. The summed E-state index contributed by atoms with van der Waals surface area (Å²) in [4.78, 5) is 1.39. The van der Waals surface area contributed by atoms with E-state index in [4.69, 9.17) is 0 Å². The molecule has 1 heterocycles. The van der Waals surface area contributed by atoms with Gasteiger partial charge in [-0.15, -0.1) is 11.3 Å². The largest absolute Gasteiger partial charge is 0.305 e. The van der Waals surface area contributed by atoms with Crippen molar-refractivity contribution < 1.29 is 0 Å². The number of rotatable bonds is 5. The van der Waals surface area contributed by atoms with E-state index in [9.17, 15) is 0 Å². The van der Waals surface area contributed by atoms with E-state index < -0.39 is 0 Å². The lowest BCUT2D eigenvalue weighted by atomic mass is 10.0. The SMILES string of the molecule is C[C@@H](NCc1ccc(-c2ccccc2)cc1)c1cccs1. The molecule has 0 bridgehead atoms. The highest BCUT2D eigenvalue weighted by molar-refractivity contribution is 7.10. The fourth-order valence-corrected chi connectivity index (χ4v) is 3.11. The molecule has 0 saturated heterocycles. The maximum atomic E-state index is 3.57. The summed E-state index contributed by atoms with van der Waals surface area (Å²) in [5, 5.41) is 5.70. The van der Waals surface area contributed by atoms with Gasteiger partial charge in [0.1, 0.15) is 0 Å². The van der Waals surface area contributed by atoms with E-state index in [1.54, 1.807) is 11.3 Å². The van der Waals surface area contributed by atoms with Gasteiger partial charge in [-0.2, -0.15) is 0 Å². The monoisotopic (exact) mass is 293 g/mol. The van der Waals surface area contributed by atoms with Crippen LogP contribution in [0.5, 0.6) is 0 Å². The van der Waals surface area contributed by atoms with Gasteiger partial charge >= 0.3 is 0 Å². The van der Waals surface area contributed by atoms with Gasteiger partial charge < -0.3 is 5.32 Å². The Bertz CT molecular complexity index is 657. The van der Waals surface area contributed by atoms with Crippen molar-refractivity contribution >= 4 is 11.3 Å². The normalized spacial score (nSPS) is 12.2. The highest BCUT2D eigenvalue weighted by Crippen LogP contribution is 2.21. The molecule has 0 aliphatic heterocycles. The van der Waals surface area contributed by atoms with E-state index in [0.717, 1.165) is 6.54 Å². The topological polar surface area (TPSA) is 12.0 Å². The lowest BCUT2D eigenvalue weighted by molar-refractivity contribution is 0.583. The molecule has 106 valence electrons. The van der Waals surface area contributed by atoms with Gasteiger partial charge in [-0.1, -0.05) is 60.7 Å². The van der Waals surface area contributed by atoms with Gasteiger partial charge in [0, 0.05) is 17.5 Å². The second kappa shape index (κ2) is 6.70. The van der Waals surface area contributed by atoms with E-state index in [2.05, 4.69) is 78.3 Å². The van der Waals surface area contributed by atoms with Gasteiger partial charge in [-0.05, 0) is 35.1 Å². The average molecular weight is 293 g/mol. The fraction of sp³-hybridized carbons (Fsp3) is 0.158. The van der Waals surface area contributed by atoms with Crippen molar-refractivity contribution in [3.8, 4) is 11.1 Å². The van der Waals surface area contributed by atoms with Crippen molar-refractivity contribution in [2.45, 2.75) is 19.5 Å². The van der Waals surface area contributed by atoms with Gasteiger partial charge in [0.2, 0.25) is 0 Å². The predicted molar refractivity (Wildman–Crippen MR) is 91.5 cm³/mol. The Morgan fingerprint density at radius 3 is 2.24 bits per heavy atom. The van der Waals surface area contributed by atoms with Crippen LogP contribution in [0.15, 0.2) is 72.1 Å². The minimum Gasteiger partial charge on any atom is -0.305 e. The lowest BCUT2D eigenvalue weighted by Gasteiger charge is -2.12. The minimum absolute atomic E-state index is 0.402. The number of nitrogens with one attached hydrogen (secondary N) is 1. The molecule has 0 spiro atoms. The summed E-state index contributed by atoms with van der Waals surface area (Å²) >= 11 is 1.80. The van der Waals surface area contributed by atoms with Crippen LogP contribution in [0.25, 0.3) is 11.1 Å². The molecule has 0 unspecified atom stereocenters. The summed E-state index contributed by atoms with van der Waals surface area (Å²) in [5.41, 5.74) is 3.85. The standard InChI is InChI=1S/C19H19NS/c1-15(19-8-5-13-21-19)20-14-16-9-11-18(12-10-16)17-6-3-2-4-7-17/h2-13,15,20H,14H2,1H3/t15-/m1/s1. The van der Waals surface area contributed by atoms with Crippen molar-refractivity contribution in [2.24, 2.45) is 0 Å². The van der Waals surface area contributed by atoms with Crippen molar-refractivity contribution in [2.75, 3.05) is 0 Å². The van der Waals surface area contributed by atoms with E-state index in [0.29, 0.717) is 6.04 Å². The first-order valence-corrected chi connectivity index (χ1v) is 8.12. The van der Waals surface area contributed by atoms with Crippen LogP contribution in [-0.4, -0.2) is 0 Å². The Hall–Kier alpha value is -1.90. The summed E-state index contributed by atoms with van der Waals surface area (Å²) in [6.07, 6.45) is 0. The summed E-state index contributed by atoms with van der Waals surface area (Å²) in [7, 11) is 0. The molecular weight excluding hydrogens is 274 g/mol. The summed E-state index contributed by atoms with van der Waals surface area (Å²) in [5.74, 6) is 0. The molecule has 1 aromatic heterocycles. The molecule has 0 fully saturated rings. The second-order valence-electron chi connectivity index (χ2n) is 5.18. The molecule has 3 aromatic rings. The molecular formula is C19H19NS. The van der Waals surface area contributed by atoms with Gasteiger partial charge in [0.05, 0.1) is 0 Å². The average Bonchev–Trinajstić information content (AvgIpc) is 3.08. The fourth-order valence-electron chi connectivity index (χ4n) is 2.35. The minimum atomic E-state index is 0.402. The van der Waals surface area contributed by atoms with Gasteiger partial charge in [0.25, 0.3) is 0 Å². The Kier molecular flexibility index (Phi) is 4.49. The summed E-state index contributed by atoms with van der Waals surface area (Å²) in [6, 6.07) is 24.0. The molecule has 1 N–H and O–H groups in total. The molecule has 2 heteroatoms. The van der Waals surface area contributed by atoms with Crippen molar-refractivity contribution in [3.05, 3.63) is 82.6 Å². The molecule has 1 nitrogen and oxygen atoms in total. The maximum Gasteiger partial charge on any atom is 0.0388 e. The number of hydrogen-bond donors (Lipinski definition) is 1. The number of benzene rings is 2. The first-order valence-electron chi connectivity index (χ1n) is 7.24. The van der Waals surface area contributed by atoms with E-state index in [1.165, 1.54) is 21.6 Å². The van der Waals surface area contributed by atoms with Crippen molar-refractivity contribution in [3.63, 3.8) is 0 Å². The first-order chi connectivity index (χ1) is 10.3. The molecule has 21 heavy (non-hydrogen) atoms. The zero-order valence-electron chi connectivity index (χ0n) is 12.1. The molecule has 0 amide bonds. The highest BCUT2D eigenvalue weighted by atomic mass is 32.1. The van der Waals surface area contributed by atoms with Crippen LogP contribution >= 0.6 is 11.3 Å². The van der Waals surface area contributed by atoms with Crippen molar-refractivity contribution in [1.29, 1.82) is 0 Å². The molecule has 1 atom stereocenters. The van der Waals surface area contributed by atoms with Crippen molar-refractivity contribution in [1.82, 2.24) is 5.32 Å². The smallest absolute Gasteiger partial charge is 0.0388 e. The second-order valence-corrected chi connectivity index (χ2v) is 6.16. The summed E-state index contributed by atoms with van der Waals surface area (Å²) in [6.45, 7) is 3.11. The quantitative estimate of drug-likeness (QED) is 0.676. The van der Waals surface area contributed by atoms with Crippen LogP contribution in [0.1, 0.15) is 23.4 Å². The molecule has 0 radical (unpaired) electrons. The van der Waals surface area contributed by atoms with E-state index in [-0.39, 0.29) is 0 Å². The molecule has 3 rings (SSSR count). The Morgan fingerprint density at radius 2 is 1.57 bits per heavy atom. The van der Waals surface area contributed by atoms with Crippen LogP contribution in [0.4, 0.5) is 0 Å². The van der Waals surface area contributed by atoms with Crippen LogP contribution in [-0.2, 0) is 6.54 Å². The predicted octanol–water partition coefficient (Wildman–Crippen LogP) is 5.27. The maximum absolute atomic E-state index is 3.57. The third kappa shape index (κ3) is 3.60. The highest BCUT2D eigenvalue weighted by Gasteiger charge is 2.05. The zero-order chi connectivity index (χ0) is 14.5.